The first-order valence-corrected chi connectivity index (χ1v) is 20.4. The van der Waals surface area contributed by atoms with Crippen molar-refractivity contribution >= 4 is 44.5 Å². The van der Waals surface area contributed by atoms with E-state index in [4.69, 9.17) is 4.74 Å². The quantitative estimate of drug-likeness (QED) is 0.185. The van der Waals surface area contributed by atoms with Gasteiger partial charge in [0.05, 0.1) is 27.9 Å². The lowest BCUT2D eigenvalue weighted by Gasteiger charge is -2.30. The number of aromatic nitrogens is 2. The van der Waals surface area contributed by atoms with Gasteiger partial charge in [-0.3, -0.25) is 23.7 Å². The van der Waals surface area contributed by atoms with Crippen LogP contribution in [-0.4, -0.2) is 81.8 Å². The van der Waals surface area contributed by atoms with E-state index in [0.717, 1.165) is 15.5 Å². The number of halogens is 7. The van der Waals surface area contributed by atoms with Crippen molar-refractivity contribution in [2.75, 3.05) is 11.9 Å². The van der Waals surface area contributed by atoms with Crippen LogP contribution in [0.1, 0.15) is 70.3 Å². The number of carbonyl (C=O) groups is 3. The standard InChI is InChI=1S/C38H41F7N6O6S/c1-35(13-14-35)58(55,56)49-33(54)36-19-22(36)9-5-3-2-4-6-11-28(46-25-16-23(38(43,44)45)15-24(39)17-25)32(53)50-20-26(18-30(50)31(52)48-36)57-34-47-27-10-7-8-12-29(27)51(34)21-37(40,41)42/h5,7-10,12,15-17,22,26,28,30,46H,2-4,6,11,13-14,18-21H2,1H3,(H,48,52)(H,49,54)/t22-,26-,28+,30+,36-/m1/s1. The average molecular weight is 843 g/mol. The molecule has 314 valence electrons. The summed E-state index contributed by atoms with van der Waals surface area (Å²) in [6.45, 7) is -0.393. The van der Waals surface area contributed by atoms with Gasteiger partial charge in [0.1, 0.15) is 36.1 Å². The summed E-state index contributed by atoms with van der Waals surface area (Å²) in [5, 5.41) is 5.41. The van der Waals surface area contributed by atoms with Crippen LogP contribution in [-0.2, 0) is 37.1 Å². The summed E-state index contributed by atoms with van der Waals surface area (Å²) >= 11 is 0. The molecule has 2 saturated carbocycles. The summed E-state index contributed by atoms with van der Waals surface area (Å²) < 4.78 is 131. The maximum Gasteiger partial charge on any atom is 0.416 e. The largest absolute Gasteiger partial charge is 0.459 e. The van der Waals surface area contributed by atoms with Crippen molar-refractivity contribution in [1.82, 2.24) is 24.5 Å². The number of nitrogens with one attached hydrogen (secondary N) is 3. The van der Waals surface area contributed by atoms with Gasteiger partial charge in [-0.05, 0) is 75.8 Å². The zero-order valence-electron chi connectivity index (χ0n) is 31.1. The highest BCUT2D eigenvalue weighted by Gasteiger charge is 2.63. The first kappa shape index (κ1) is 41.3. The summed E-state index contributed by atoms with van der Waals surface area (Å²) in [5.74, 6) is -4.51. The maximum absolute atomic E-state index is 14.6. The number of benzene rings is 2. The fraction of sp³-hybridized carbons (Fsp3) is 0.526. The molecule has 3 N–H and O–H groups in total. The van der Waals surface area contributed by atoms with Crippen molar-refractivity contribution < 1.29 is 58.3 Å². The number of carbonyl (C=O) groups excluding carboxylic acids is 3. The molecule has 3 aromatic rings. The van der Waals surface area contributed by atoms with Gasteiger partial charge in [-0.2, -0.15) is 31.3 Å². The number of hydrogen-bond acceptors (Lipinski definition) is 8. The number of para-hydroxylation sites is 2. The lowest BCUT2D eigenvalue weighted by atomic mass is 10.0. The Bertz CT molecular complexity index is 2240. The Hall–Kier alpha value is -4.88. The minimum absolute atomic E-state index is 0.0284. The van der Waals surface area contributed by atoms with E-state index in [0.29, 0.717) is 50.7 Å². The molecule has 7 rings (SSSR count). The minimum atomic E-state index is -4.91. The van der Waals surface area contributed by atoms with E-state index in [1.54, 1.807) is 18.2 Å². The van der Waals surface area contributed by atoms with Gasteiger partial charge < -0.3 is 20.3 Å². The van der Waals surface area contributed by atoms with Crippen molar-refractivity contribution in [2.45, 2.75) is 112 Å². The van der Waals surface area contributed by atoms with Gasteiger partial charge in [0.2, 0.25) is 21.8 Å². The van der Waals surface area contributed by atoms with E-state index in [-0.39, 0.29) is 36.0 Å². The molecule has 0 radical (unpaired) electrons. The highest BCUT2D eigenvalue weighted by atomic mass is 32.2. The van der Waals surface area contributed by atoms with Gasteiger partial charge in [0, 0.05) is 18.0 Å². The number of sulfonamides is 1. The predicted molar refractivity (Wildman–Crippen MR) is 195 cm³/mol. The highest BCUT2D eigenvalue weighted by molar-refractivity contribution is 7.91. The van der Waals surface area contributed by atoms with Crippen molar-refractivity contribution in [2.24, 2.45) is 5.92 Å². The van der Waals surface area contributed by atoms with Gasteiger partial charge in [-0.1, -0.05) is 37.1 Å². The molecule has 0 spiro atoms. The van der Waals surface area contributed by atoms with Crippen LogP contribution in [0.25, 0.3) is 11.0 Å². The van der Waals surface area contributed by atoms with Crippen molar-refractivity contribution in [1.29, 1.82) is 0 Å². The third-order valence-electron chi connectivity index (χ3n) is 11.3. The smallest absolute Gasteiger partial charge is 0.416 e. The molecular formula is C38H41F7N6O6S. The second-order valence-electron chi connectivity index (χ2n) is 15.7. The molecule has 2 aliphatic carbocycles. The molecule has 1 aromatic heterocycles. The second-order valence-corrected chi connectivity index (χ2v) is 17.9. The molecule has 12 nitrogen and oxygen atoms in total. The molecular weight excluding hydrogens is 802 g/mol. The Labute approximate surface area is 328 Å². The molecule has 2 aliphatic heterocycles. The van der Waals surface area contributed by atoms with Gasteiger partial charge in [0.15, 0.2) is 0 Å². The van der Waals surface area contributed by atoms with Crippen molar-refractivity contribution in [3.63, 3.8) is 0 Å². The van der Waals surface area contributed by atoms with Crippen molar-refractivity contribution in [3.05, 3.63) is 66.0 Å². The van der Waals surface area contributed by atoms with E-state index < -0.39 is 105 Å². The molecule has 3 amide bonds. The molecule has 3 heterocycles. The molecule has 58 heavy (non-hydrogen) atoms. The normalized spacial score (nSPS) is 26.5. The summed E-state index contributed by atoms with van der Waals surface area (Å²) in [7, 11) is -4.13. The van der Waals surface area contributed by atoms with Crippen LogP contribution in [0.3, 0.4) is 0 Å². The van der Waals surface area contributed by atoms with Crippen LogP contribution in [0.5, 0.6) is 6.01 Å². The third-order valence-corrected chi connectivity index (χ3v) is 13.4. The van der Waals surface area contributed by atoms with Gasteiger partial charge in [0.25, 0.3) is 11.9 Å². The summed E-state index contributed by atoms with van der Waals surface area (Å²) in [6.07, 6.45) is -4.82. The SMILES string of the molecule is CC1(S(=O)(=O)NC(=O)[C@@]23C[C@H]2C=CCCCCC[C@H](Nc2cc(F)cc(C(F)(F)F)c2)C(=O)N2C[C@H](Oc4nc5ccccc5n4CC(F)(F)F)C[C@H]2C(=O)N3)CC1. The summed E-state index contributed by atoms with van der Waals surface area (Å²) in [6, 6.07) is 4.49. The Balaban J connectivity index is 1.23. The lowest BCUT2D eigenvalue weighted by Crippen LogP contribution is -2.58. The fourth-order valence-electron chi connectivity index (χ4n) is 7.61. The van der Waals surface area contributed by atoms with E-state index >= 15 is 0 Å². The van der Waals surface area contributed by atoms with Crippen LogP contribution in [0.15, 0.2) is 54.6 Å². The molecule has 5 atom stereocenters. The predicted octanol–water partition coefficient (Wildman–Crippen LogP) is 5.98. The second kappa shape index (κ2) is 15.1. The van der Waals surface area contributed by atoms with Gasteiger partial charge in [-0.15, -0.1) is 0 Å². The number of allylic oxidation sites excluding steroid dienone is 1. The monoisotopic (exact) mass is 842 g/mol. The Morgan fingerprint density at radius 2 is 1.79 bits per heavy atom. The Morgan fingerprint density at radius 1 is 1.05 bits per heavy atom. The maximum atomic E-state index is 14.6. The number of imidazole rings is 1. The number of alkyl halides is 6. The first-order valence-electron chi connectivity index (χ1n) is 18.9. The van der Waals surface area contributed by atoms with E-state index in [9.17, 15) is 53.5 Å². The lowest BCUT2D eigenvalue weighted by molar-refractivity contribution is -0.141. The van der Waals surface area contributed by atoms with Crippen LogP contribution in [0.2, 0.25) is 0 Å². The number of ether oxygens (including phenoxy) is 1. The molecule has 20 heteroatoms. The number of nitrogens with zero attached hydrogens (tertiary/aromatic N) is 3. The Morgan fingerprint density at radius 3 is 2.50 bits per heavy atom. The van der Waals surface area contributed by atoms with Crippen molar-refractivity contribution in [3.8, 4) is 6.01 Å². The number of hydrogen-bond donors (Lipinski definition) is 3. The average Bonchev–Trinajstić information content (AvgIpc) is 3.97. The fourth-order valence-corrected chi connectivity index (χ4v) is 8.92. The summed E-state index contributed by atoms with van der Waals surface area (Å²) in [4.78, 5) is 48.0. The highest BCUT2D eigenvalue weighted by Crippen LogP contribution is 2.47. The molecule has 2 aromatic carbocycles. The number of anilines is 1. The zero-order chi connectivity index (χ0) is 41.8. The zero-order valence-corrected chi connectivity index (χ0v) is 31.9. The Kier molecular flexibility index (Phi) is 10.7. The van der Waals surface area contributed by atoms with E-state index in [1.807, 2.05) is 0 Å². The van der Waals surface area contributed by atoms with E-state index in [1.165, 1.54) is 25.1 Å². The number of amides is 3. The van der Waals surface area contributed by atoms with Crippen LogP contribution >= 0.6 is 0 Å². The van der Waals surface area contributed by atoms with Gasteiger partial charge in [-0.25, -0.2) is 12.8 Å². The van der Waals surface area contributed by atoms with Crippen LogP contribution in [0, 0.1) is 11.7 Å². The molecule has 0 bridgehead atoms. The number of fused-ring (bicyclic) bond motifs is 3. The third kappa shape index (κ3) is 8.61. The van der Waals surface area contributed by atoms with Gasteiger partial charge >= 0.3 is 12.4 Å². The number of rotatable bonds is 8. The van der Waals surface area contributed by atoms with E-state index in [2.05, 4.69) is 20.3 Å². The molecule has 4 aliphatic rings. The first-order chi connectivity index (χ1) is 27.2. The van der Waals surface area contributed by atoms with Crippen LogP contribution < -0.4 is 20.1 Å². The molecule has 1 saturated heterocycles. The molecule has 3 fully saturated rings. The topological polar surface area (TPSA) is 152 Å². The summed E-state index contributed by atoms with van der Waals surface area (Å²) in [5.41, 5.74) is -3.11. The molecule has 0 unspecified atom stereocenters. The minimum Gasteiger partial charge on any atom is -0.459 e. The van der Waals surface area contributed by atoms with Crippen LogP contribution in [0.4, 0.5) is 36.4 Å².